The van der Waals surface area contributed by atoms with Crippen LogP contribution in [0.25, 0.3) is 0 Å². The van der Waals surface area contributed by atoms with Gasteiger partial charge in [0.25, 0.3) is 5.91 Å². The maximum atomic E-state index is 13.1. The highest BCUT2D eigenvalue weighted by Gasteiger charge is 2.34. The third-order valence-corrected chi connectivity index (χ3v) is 5.99. The lowest BCUT2D eigenvalue weighted by Gasteiger charge is -2.15. The molecule has 0 spiro atoms. The van der Waals surface area contributed by atoms with Crippen molar-refractivity contribution < 1.29 is 18.0 Å². The molecule has 2 aromatic rings. The normalized spacial score (nSPS) is 11.4. The SMILES string of the molecule is O=C(Nc1ccc(Cl)cc1C(F)(F)F)c1cc(Br)cc(Br)c1I. The van der Waals surface area contributed by atoms with Crippen LogP contribution in [0.5, 0.6) is 0 Å². The number of benzene rings is 2. The second-order valence-corrected chi connectivity index (χ2v) is 7.68. The Kier molecular flexibility index (Phi) is 6.02. The molecule has 1 amide bonds. The van der Waals surface area contributed by atoms with Gasteiger partial charge in [-0.2, -0.15) is 13.2 Å². The lowest BCUT2D eigenvalue weighted by molar-refractivity contribution is -0.136. The van der Waals surface area contributed by atoms with E-state index in [1.165, 1.54) is 12.1 Å². The highest BCUT2D eigenvalue weighted by atomic mass is 127. The van der Waals surface area contributed by atoms with Crippen molar-refractivity contribution in [3.63, 3.8) is 0 Å². The summed E-state index contributed by atoms with van der Waals surface area (Å²) in [4.78, 5) is 12.3. The molecule has 0 heterocycles. The fraction of sp³-hybridized carbons (Fsp3) is 0.0714. The van der Waals surface area contributed by atoms with Crippen molar-refractivity contribution in [2.24, 2.45) is 0 Å². The van der Waals surface area contributed by atoms with E-state index in [1.807, 2.05) is 22.6 Å². The Labute approximate surface area is 165 Å². The van der Waals surface area contributed by atoms with Gasteiger partial charge in [0.15, 0.2) is 0 Å². The van der Waals surface area contributed by atoms with Crippen LogP contribution in [0.4, 0.5) is 18.9 Å². The van der Waals surface area contributed by atoms with Crippen molar-refractivity contribution in [2.45, 2.75) is 6.18 Å². The van der Waals surface area contributed by atoms with E-state index in [-0.39, 0.29) is 16.3 Å². The van der Waals surface area contributed by atoms with E-state index in [4.69, 9.17) is 11.6 Å². The molecule has 122 valence electrons. The maximum absolute atomic E-state index is 13.1. The van der Waals surface area contributed by atoms with Crippen molar-refractivity contribution >= 4 is 77.6 Å². The summed E-state index contributed by atoms with van der Waals surface area (Å²) in [7, 11) is 0. The molecule has 0 atom stereocenters. The number of amides is 1. The number of nitrogens with one attached hydrogen (secondary N) is 1. The Balaban J connectivity index is 2.43. The number of hydrogen-bond acceptors (Lipinski definition) is 1. The molecular formula is C14H6Br2ClF3INO. The summed E-state index contributed by atoms with van der Waals surface area (Å²) in [6.45, 7) is 0. The summed E-state index contributed by atoms with van der Waals surface area (Å²) in [6.07, 6.45) is -4.63. The van der Waals surface area contributed by atoms with E-state index in [1.54, 1.807) is 6.07 Å². The van der Waals surface area contributed by atoms with Crippen LogP contribution in [0.1, 0.15) is 15.9 Å². The molecule has 0 fully saturated rings. The van der Waals surface area contributed by atoms with Gasteiger partial charge in [0, 0.05) is 17.5 Å². The quantitative estimate of drug-likeness (QED) is 0.308. The average molecular weight is 583 g/mol. The maximum Gasteiger partial charge on any atom is 0.418 e. The Bertz CT molecular complexity index is 783. The third-order valence-electron chi connectivity index (χ3n) is 2.77. The van der Waals surface area contributed by atoms with Crippen molar-refractivity contribution in [1.29, 1.82) is 0 Å². The monoisotopic (exact) mass is 581 g/mol. The lowest BCUT2D eigenvalue weighted by Crippen LogP contribution is -2.17. The van der Waals surface area contributed by atoms with Crippen LogP contribution in [0, 0.1) is 3.57 Å². The molecular weight excluding hydrogens is 577 g/mol. The van der Waals surface area contributed by atoms with Crippen molar-refractivity contribution in [1.82, 2.24) is 0 Å². The third kappa shape index (κ3) is 4.61. The molecule has 0 aliphatic rings. The minimum Gasteiger partial charge on any atom is -0.321 e. The number of anilines is 1. The van der Waals surface area contributed by atoms with Crippen LogP contribution in [0.15, 0.2) is 39.3 Å². The molecule has 1 N–H and O–H groups in total. The van der Waals surface area contributed by atoms with Gasteiger partial charge >= 0.3 is 6.18 Å². The molecule has 0 radical (unpaired) electrons. The molecule has 23 heavy (non-hydrogen) atoms. The number of carbonyl (C=O) groups excluding carboxylic acids is 1. The van der Waals surface area contributed by atoms with Crippen molar-refractivity contribution in [3.05, 3.63) is 59.0 Å². The molecule has 0 bridgehead atoms. The Morgan fingerprint density at radius 2 is 1.83 bits per heavy atom. The first kappa shape index (κ1) is 19.0. The summed E-state index contributed by atoms with van der Waals surface area (Å²) >= 11 is 14.1. The predicted octanol–water partition coefficient (Wildman–Crippen LogP) is 6.74. The van der Waals surface area contributed by atoms with E-state index in [0.717, 1.165) is 12.1 Å². The van der Waals surface area contributed by atoms with E-state index >= 15 is 0 Å². The Morgan fingerprint density at radius 3 is 2.43 bits per heavy atom. The minimum absolute atomic E-state index is 0.0601. The smallest absolute Gasteiger partial charge is 0.321 e. The molecule has 0 saturated carbocycles. The largest absolute Gasteiger partial charge is 0.418 e. The molecule has 9 heteroatoms. The van der Waals surface area contributed by atoms with Gasteiger partial charge in [0.2, 0.25) is 0 Å². The van der Waals surface area contributed by atoms with Crippen LogP contribution >= 0.6 is 66.1 Å². The van der Waals surface area contributed by atoms with Crippen LogP contribution < -0.4 is 5.32 Å². The van der Waals surface area contributed by atoms with Gasteiger partial charge in [-0.3, -0.25) is 4.79 Å². The van der Waals surface area contributed by atoms with Gasteiger partial charge in [-0.05, 0) is 68.9 Å². The van der Waals surface area contributed by atoms with E-state index in [9.17, 15) is 18.0 Å². The fourth-order valence-corrected chi connectivity index (χ4v) is 3.72. The highest BCUT2D eigenvalue weighted by molar-refractivity contribution is 14.1. The van der Waals surface area contributed by atoms with Crippen molar-refractivity contribution in [3.8, 4) is 0 Å². The van der Waals surface area contributed by atoms with Gasteiger partial charge in [-0.25, -0.2) is 0 Å². The topological polar surface area (TPSA) is 29.1 Å². The molecule has 0 aliphatic heterocycles. The summed E-state index contributed by atoms with van der Waals surface area (Å²) < 4.78 is 41.1. The molecule has 0 unspecified atom stereocenters. The summed E-state index contributed by atoms with van der Waals surface area (Å²) in [5.74, 6) is -0.649. The first-order chi connectivity index (χ1) is 10.6. The molecule has 0 aliphatic carbocycles. The Hall–Kier alpha value is -0.320. The Morgan fingerprint density at radius 1 is 1.17 bits per heavy atom. The lowest BCUT2D eigenvalue weighted by atomic mass is 10.1. The number of rotatable bonds is 2. The van der Waals surface area contributed by atoms with Gasteiger partial charge in [-0.1, -0.05) is 27.5 Å². The molecule has 2 aromatic carbocycles. The van der Waals surface area contributed by atoms with Crippen LogP contribution in [0.2, 0.25) is 5.02 Å². The summed E-state index contributed by atoms with van der Waals surface area (Å²) in [5, 5.41) is 2.23. The van der Waals surface area contributed by atoms with Crippen LogP contribution in [-0.2, 0) is 6.18 Å². The zero-order valence-electron chi connectivity index (χ0n) is 10.9. The minimum atomic E-state index is -4.63. The molecule has 0 aromatic heterocycles. The molecule has 2 nitrogen and oxygen atoms in total. The van der Waals surface area contributed by atoms with E-state index < -0.39 is 17.6 Å². The second-order valence-electron chi connectivity index (χ2n) is 4.39. The molecule has 2 rings (SSSR count). The van der Waals surface area contributed by atoms with E-state index in [2.05, 4.69) is 37.2 Å². The second kappa shape index (κ2) is 7.28. The fourth-order valence-electron chi connectivity index (χ4n) is 1.77. The van der Waals surface area contributed by atoms with Crippen molar-refractivity contribution in [2.75, 3.05) is 5.32 Å². The van der Waals surface area contributed by atoms with Gasteiger partial charge in [0.05, 0.1) is 16.8 Å². The van der Waals surface area contributed by atoms with E-state index in [0.29, 0.717) is 12.5 Å². The number of hydrogen-bond donors (Lipinski definition) is 1. The zero-order chi connectivity index (χ0) is 17.4. The predicted molar refractivity (Wildman–Crippen MR) is 99.0 cm³/mol. The first-order valence-electron chi connectivity index (χ1n) is 5.92. The number of halogens is 7. The first-order valence-corrected chi connectivity index (χ1v) is 8.96. The van der Waals surface area contributed by atoms with Crippen LogP contribution in [-0.4, -0.2) is 5.91 Å². The molecule has 0 saturated heterocycles. The zero-order valence-corrected chi connectivity index (χ0v) is 17.0. The standard InChI is InChI=1S/C14H6Br2ClF3INO/c15-6-3-8(12(21)10(16)4-6)13(23)22-11-2-1-7(17)5-9(11)14(18,19)20/h1-5H,(H,22,23). The highest BCUT2D eigenvalue weighted by Crippen LogP contribution is 2.37. The number of carbonyl (C=O) groups is 1. The van der Waals surface area contributed by atoms with Gasteiger partial charge in [0.1, 0.15) is 0 Å². The summed E-state index contributed by atoms with van der Waals surface area (Å²) in [5.41, 5.74) is -1.10. The van der Waals surface area contributed by atoms with Gasteiger partial charge < -0.3 is 5.32 Å². The average Bonchev–Trinajstić information content (AvgIpc) is 2.43. The van der Waals surface area contributed by atoms with Gasteiger partial charge in [-0.15, -0.1) is 0 Å². The van der Waals surface area contributed by atoms with Crippen LogP contribution in [0.3, 0.4) is 0 Å². The number of alkyl halides is 3. The summed E-state index contributed by atoms with van der Waals surface area (Å²) in [6, 6.07) is 6.46.